The number of fused-ring (bicyclic) bond motifs is 8. The average Bonchev–Trinajstić information content (AvgIpc) is 3.69. The number of nitrogens with zero attached hydrogens (tertiary/aromatic N) is 3. The molecule has 4 bridgehead atoms. The molecule has 3 heterocycles. The summed E-state index contributed by atoms with van der Waals surface area (Å²) in [6.45, 7) is 7.25. The lowest BCUT2D eigenvalue weighted by atomic mass is 9.75. The highest BCUT2D eigenvalue weighted by Crippen LogP contribution is 2.41. The van der Waals surface area contributed by atoms with Crippen LogP contribution in [0.2, 0.25) is 0 Å². The average molecular weight is 768 g/mol. The van der Waals surface area contributed by atoms with Crippen molar-refractivity contribution in [1.82, 2.24) is 19.7 Å². The van der Waals surface area contributed by atoms with Gasteiger partial charge in [-0.3, -0.25) is 4.79 Å². The molecule has 0 unspecified atom stereocenters. The second-order valence-corrected chi connectivity index (χ2v) is 19.2. The number of aromatic amines is 1. The number of nitrogen functional groups attached to an aromatic ring is 1. The maximum atomic E-state index is 16.0. The third kappa shape index (κ3) is 7.33. The number of aryl methyl sites for hydroxylation is 2. The summed E-state index contributed by atoms with van der Waals surface area (Å²) < 4.78 is 89.6. The van der Waals surface area contributed by atoms with Gasteiger partial charge >= 0.3 is 5.97 Å². The van der Waals surface area contributed by atoms with E-state index in [0.717, 1.165) is 29.3 Å². The van der Waals surface area contributed by atoms with Crippen LogP contribution in [0, 0.1) is 23.0 Å². The van der Waals surface area contributed by atoms with Crippen LogP contribution in [0.4, 0.5) is 14.5 Å². The van der Waals surface area contributed by atoms with Crippen LogP contribution in [0.15, 0.2) is 64.5 Å². The van der Waals surface area contributed by atoms with Gasteiger partial charge < -0.3 is 15.8 Å². The zero-order valence-corrected chi connectivity index (χ0v) is 31.8. The third-order valence-electron chi connectivity index (χ3n) is 10.4. The first-order valence-corrected chi connectivity index (χ1v) is 20.6. The van der Waals surface area contributed by atoms with Gasteiger partial charge in [-0.25, -0.2) is 35.3 Å². The van der Waals surface area contributed by atoms with Gasteiger partial charge in [0.25, 0.3) is 0 Å². The Balaban J connectivity index is 1.58. The van der Waals surface area contributed by atoms with Gasteiger partial charge in [0, 0.05) is 24.1 Å². The van der Waals surface area contributed by atoms with E-state index in [0.29, 0.717) is 30.2 Å². The van der Waals surface area contributed by atoms with Crippen LogP contribution < -0.4 is 5.73 Å². The van der Waals surface area contributed by atoms with Crippen LogP contribution in [-0.2, 0) is 49.8 Å². The lowest BCUT2D eigenvalue weighted by Crippen LogP contribution is -2.29. The number of rotatable bonds is 4. The summed E-state index contributed by atoms with van der Waals surface area (Å²) in [7, 11) is -7.07. The number of halogens is 2. The number of anilines is 1. The van der Waals surface area contributed by atoms with Gasteiger partial charge in [-0.15, -0.1) is 0 Å². The Labute approximate surface area is 307 Å². The van der Waals surface area contributed by atoms with E-state index >= 15 is 8.78 Å². The third-order valence-corrected chi connectivity index (χ3v) is 14.3. The smallest absolute Gasteiger partial charge is 0.306 e. The fraction of sp³-hybridized carbons (Fsp3) is 0.395. The van der Waals surface area contributed by atoms with E-state index in [1.165, 1.54) is 10.9 Å². The van der Waals surface area contributed by atoms with E-state index in [4.69, 9.17) is 15.8 Å². The molecule has 0 aliphatic carbocycles. The lowest BCUT2D eigenvalue weighted by molar-refractivity contribution is -0.141. The SMILES string of the molecule is C[C@H](Cc1cccc([C@@]2(C)CCCC(C)(C)CS(=O)(=O)CCc3c(c(F)cc4[nH]ccc34)S(=O)(=O)c3cc(c(F)cc3N)-c3nc2nn3C)c1)C(=O)O. The van der Waals surface area contributed by atoms with Crippen molar-refractivity contribution < 1.29 is 35.5 Å². The summed E-state index contributed by atoms with van der Waals surface area (Å²) in [6, 6.07) is 11.9. The lowest BCUT2D eigenvalue weighted by Gasteiger charge is -2.31. The normalized spacial score (nSPS) is 20.6. The molecule has 0 fully saturated rings. The Hall–Kier alpha value is -4.63. The number of aliphatic carboxylic acids is 1. The molecule has 3 aromatic carbocycles. The second kappa shape index (κ2) is 13.7. The van der Waals surface area contributed by atoms with Gasteiger partial charge in [-0.1, -0.05) is 51.5 Å². The molecule has 0 amide bonds. The molecule has 0 radical (unpaired) electrons. The number of carbonyl (C=O) groups is 1. The number of carboxylic acid groups (broad SMARTS) is 1. The molecule has 5 aromatic rings. The van der Waals surface area contributed by atoms with Crippen LogP contribution in [0.1, 0.15) is 69.5 Å². The van der Waals surface area contributed by atoms with E-state index in [1.807, 2.05) is 45.0 Å². The number of H-pyrrole nitrogens is 1. The van der Waals surface area contributed by atoms with Crippen molar-refractivity contribution in [2.45, 2.75) is 75.0 Å². The predicted octanol–water partition coefficient (Wildman–Crippen LogP) is 6.39. The second-order valence-electron chi connectivity index (χ2n) is 15.2. The Morgan fingerprint density at radius 3 is 2.51 bits per heavy atom. The van der Waals surface area contributed by atoms with Gasteiger partial charge in [0.05, 0.1) is 39.0 Å². The van der Waals surface area contributed by atoms with Gasteiger partial charge in [0.1, 0.15) is 16.5 Å². The molecule has 0 saturated carbocycles. The highest BCUT2D eigenvalue weighted by Gasteiger charge is 2.37. The van der Waals surface area contributed by atoms with E-state index in [2.05, 4.69) is 4.98 Å². The monoisotopic (exact) mass is 767 g/mol. The molecule has 11 nitrogen and oxygen atoms in total. The maximum absolute atomic E-state index is 16.0. The number of nitrogens with two attached hydrogens (primary N) is 1. The Kier molecular flexibility index (Phi) is 9.82. The van der Waals surface area contributed by atoms with Crippen LogP contribution >= 0.6 is 0 Å². The van der Waals surface area contributed by atoms with Crippen molar-refractivity contribution in [3.63, 3.8) is 0 Å². The van der Waals surface area contributed by atoms with Crippen molar-refractivity contribution in [3.8, 4) is 11.4 Å². The zero-order valence-electron chi connectivity index (χ0n) is 30.2. The Bertz CT molecular complexity index is 2480. The molecule has 53 heavy (non-hydrogen) atoms. The van der Waals surface area contributed by atoms with Crippen LogP contribution in [-0.4, -0.2) is 59.2 Å². The molecule has 1 aliphatic heterocycles. The van der Waals surface area contributed by atoms with Crippen molar-refractivity contribution in [2.75, 3.05) is 17.2 Å². The fourth-order valence-electron chi connectivity index (χ4n) is 7.48. The highest BCUT2D eigenvalue weighted by atomic mass is 32.2. The highest BCUT2D eigenvalue weighted by molar-refractivity contribution is 7.92. The predicted molar refractivity (Wildman–Crippen MR) is 198 cm³/mol. The molecule has 0 saturated heterocycles. The Morgan fingerprint density at radius 2 is 1.79 bits per heavy atom. The number of carboxylic acids is 1. The minimum absolute atomic E-state index is 0.00477. The van der Waals surface area contributed by atoms with E-state index in [-0.39, 0.29) is 41.4 Å². The first-order valence-electron chi connectivity index (χ1n) is 17.3. The maximum Gasteiger partial charge on any atom is 0.306 e. The number of sulfone groups is 2. The van der Waals surface area contributed by atoms with E-state index < -0.39 is 75.3 Å². The molecule has 2 atom stereocenters. The summed E-state index contributed by atoms with van der Waals surface area (Å²) in [5, 5.41) is 14.6. The van der Waals surface area contributed by atoms with Crippen molar-refractivity contribution >= 4 is 42.2 Å². The summed E-state index contributed by atoms with van der Waals surface area (Å²) >= 11 is 0. The van der Waals surface area contributed by atoms with Crippen molar-refractivity contribution in [1.29, 1.82) is 0 Å². The molecule has 15 heteroatoms. The molecule has 0 spiro atoms. The van der Waals surface area contributed by atoms with Crippen LogP contribution in [0.3, 0.4) is 0 Å². The first kappa shape index (κ1) is 38.1. The molecule has 4 N–H and O–H groups in total. The minimum atomic E-state index is -4.82. The van der Waals surface area contributed by atoms with E-state index in [9.17, 15) is 26.7 Å². The number of benzene rings is 3. The van der Waals surface area contributed by atoms with Crippen LogP contribution in [0.5, 0.6) is 0 Å². The quantitative estimate of drug-likeness (QED) is 0.138. The molecular formula is C38H43F2N5O6S2. The largest absolute Gasteiger partial charge is 0.481 e. The summed E-state index contributed by atoms with van der Waals surface area (Å²) in [4.78, 5) is 18.0. The summed E-state index contributed by atoms with van der Waals surface area (Å²) in [6.07, 6.45) is 2.96. The molecular weight excluding hydrogens is 725 g/mol. The Morgan fingerprint density at radius 1 is 1.06 bits per heavy atom. The molecule has 2 aromatic heterocycles. The molecule has 282 valence electrons. The van der Waals surface area contributed by atoms with Crippen molar-refractivity contribution in [3.05, 3.63) is 88.9 Å². The number of aromatic nitrogens is 4. The number of nitrogens with one attached hydrogen (secondary N) is 1. The zero-order chi connectivity index (χ0) is 38.7. The van der Waals surface area contributed by atoms with Gasteiger partial charge in [-0.2, -0.15) is 5.10 Å². The first-order chi connectivity index (χ1) is 24.7. The standard InChI is InChI=1S/C38H43F2N5O6S2/c1-22(35(46)47)16-23-8-6-9-24(17-23)38(4)13-7-12-37(2,3)21-52(48,49)15-11-26-25-10-14-42-31(25)20-29(40)33(26)53(50,51)32-18-27(28(39)19-30(32)41)34-43-36(38)44-45(34)5/h6,8-10,14,17-20,22,42H,7,11-13,15-16,21,41H2,1-5H3,(H,46,47)/t22-,38-/m1/s1. The topological polar surface area (TPSA) is 178 Å². The van der Waals surface area contributed by atoms with Crippen LogP contribution in [0.25, 0.3) is 22.3 Å². The van der Waals surface area contributed by atoms with Gasteiger partial charge in [0.2, 0.25) is 9.84 Å². The van der Waals surface area contributed by atoms with Gasteiger partial charge in [0.15, 0.2) is 21.5 Å². The van der Waals surface area contributed by atoms with Crippen molar-refractivity contribution in [2.24, 2.45) is 18.4 Å². The van der Waals surface area contributed by atoms with Gasteiger partial charge in [-0.05, 0) is 79.0 Å². The summed E-state index contributed by atoms with van der Waals surface area (Å²) in [5.74, 6) is -3.90. The minimum Gasteiger partial charge on any atom is -0.481 e. The molecule has 6 rings (SSSR count). The summed E-state index contributed by atoms with van der Waals surface area (Å²) in [5.41, 5.74) is 5.65. The number of hydrogen-bond donors (Lipinski definition) is 3. The van der Waals surface area contributed by atoms with E-state index in [1.54, 1.807) is 20.0 Å². The number of hydrogen-bond acceptors (Lipinski definition) is 8. The molecule has 1 aliphatic rings. The fourth-order valence-corrected chi connectivity index (χ4v) is 11.2.